The van der Waals surface area contributed by atoms with Crippen LogP contribution in [0.1, 0.15) is 91.4 Å². The van der Waals surface area contributed by atoms with E-state index in [1.54, 1.807) is 30.3 Å². The SMILES string of the molecule is CCCCC1=Nc2c(N)nc3ccccc3c2C1CC(C)(C)CNC(=O)CCOCCOCCOCCNC(=S)Nc1ccc2c(c1)C(=O)OC21c2ccc(O)cc2Oc2cc(O)ccc21. The van der Waals surface area contributed by atoms with E-state index in [0.717, 1.165) is 53.5 Å². The van der Waals surface area contributed by atoms with Crippen LogP contribution in [0.15, 0.2) is 83.9 Å². The topological polar surface area (TPSA) is 208 Å². The number of unbranched alkanes of at least 4 members (excludes halogenated alkanes) is 1. The molecule has 3 aliphatic rings. The van der Waals surface area contributed by atoms with Crippen molar-refractivity contribution in [3.63, 3.8) is 0 Å². The molecule has 0 fully saturated rings. The average Bonchev–Trinajstić information content (AvgIpc) is 3.79. The Hall–Kier alpha value is -6.33. The van der Waals surface area contributed by atoms with Gasteiger partial charge < -0.3 is 55.6 Å². The number of aromatic hydroxyl groups is 2. The molecule has 1 aromatic heterocycles. The van der Waals surface area contributed by atoms with E-state index in [-0.39, 0.29) is 35.2 Å². The number of nitrogens with one attached hydrogen (secondary N) is 3. The Labute approximate surface area is 389 Å². The molecule has 4 aromatic carbocycles. The summed E-state index contributed by atoms with van der Waals surface area (Å²) >= 11 is 5.50. The van der Waals surface area contributed by atoms with Gasteiger partial charge in [-0.05, 0) is 84.9 Å². The molecule has 5 aromatic rings. The fraction of sp³-hybridized carbons (Fsp3) is 0.380. The lowest BCUT2D eigenvalue weighted by Gasteiger charge is -2.36. The van der Waals surface area contributed by atoms with E-state index in [1.165, 1.54) is 24.3 Å². The summed E-state index contributed by atoms with van der Waals surface area (Å²) in [6, 6.07) is 22.6. The Kier molecular flexibility index (Phi) is 14.0. The maximum atomic E-state index is 13.4. The number of anilines is 2. The van der Waals surface area contributed by atoms with Gasteiger partial charge in [0.15, 0.2) is 10.7 Å². The second kappa shape index (κ2) is 20.0. The minimum Gasteiger partial charge on any atom is -0.508 e. The van der Waals surface area contributed by atoms with Crippen LogP contribution in [0.4, 0.5) is 17.2 Å². The van der Waals surface area contributed by atoms with Crippen molar-refractivity contribution in [1.29, 1.82) is 0 Å². The maximum absolute atomic E-state index is 13.4. The zero-order valence-corrected chi connectivity index (χ0v) is 38.2. The number of para-hydroxylation sites is 1. The average molecular weight is 917 g/mol. The van der Waals surface area contributed by atoms with Gasteiger partial charge in [0, 0.05) is 71.0 Å². The van der Waals surface area contributed by atoms with E-state index in [1.807, 2.05) is 18.2 Å². The number of esters is 1. The molecule has 0 bridgehead atoms. The number of thiocarbonyl (C=S) groups is 1. The summed E-state index contributed by atoms with van der Waals surface area (Å²) in [6.07, 6.45) is 4.11. The van der Waals surface area contributed by atoms with Gasteiger partial charge in [0.05, 0.1) is 50.7 Å². The predicted octanol–water partition coefficient (Wildman–Crippen LogP) is 8.12. The number of nitrogens with zero attached hydrogens (tertiary/aromatic N) is 2. The van der Waals surface area contributed by atoms with E-state index in [2.05, 4.69) is 47.8 Å². The van der Waals surface area contributed by atoms with Crippen LogP contribution >= 0.6 is 12.2 Å². The number of amides is 1. The summed E-state index contributed by atoms with van der Waals surface area (Å²) in [7, 11) is 0. The molecule has 0 radical (unpaired) electrons. The predicted molar refractivity (Wildman–Crippen MR) is 256 cm³/mol. The molecule has 3 aliphatic heterocycles. The smallest absolute Gasteiger partial charge is 0.340 e. The summed E-state index contributed by atoms with van der Waals surface area (Å²) in [6.45, 7) is 9.67. The first-order valence-corrected chi connectivity index (χ1v) is 22.8. The number of pyridine rings is 1. The van der Waals surface area contributed by atoms with Gasteiger partial charge >= 0.3 is 5.97 Å². The van der Waals surface area contributed by atoms with E-state index in [9.17, 15) is 19.8 Å². The van der Waals surface area contributed by atoms with Gasteiger partial charge in [-0.15, -0.1) is 0 Å². The summed E-state index contributed by atoms with van der Waals surface area (Å²) in [4.78, 5) is 35.9. The molecule has 0 saturated carbocycles. The number of aliphatic imine (C=N–C) groups is 1. The van der Waals surface area contributed by atoms with Crippen LogP contribution in [-0.4, -0.2) is 90.6 Å². The number of aromatic nitrogens is 1. The second-order valence-electron chi connectivity index (χ2n) is 17.4. The van der Waals surface area contributed by atoms with Crippen LogP contribution in [-0.2, 0) is 29.3 Å². The van der Waals surface area contributed by atoms with E-state index >= 15 is 0 Å². The van der Waals surface area contributed by atoms with E-state index in [0.29, 0.717) is 103 Å². The first kappa shape index (κ1) is 46.2. The lowest BCUT2D eigenvalue weighted by molar-refractivity contribution is -0.122. The molecule has 0 saturated heterocycles. The van der Waals surface area contributed by atoms with Crippen LogP contribution in [0.2, 0.25) is 0 Å². The summed E-state index contributed by atoms with van der Waals surface area (Å²) in [5.41, 5.74) is 11.4. The van der Waals surface area contributed by atoms with Crippen molar-refractivity contribution in [3.05, 3.63) is 107 Å². The summed E-state index contributed by atoms with van der Waals surface area (Å²) in [5.74, 6) is 0.565. The number of carbonyl (C=O) groups is 2. The van der Waals surface area contributed by atoms with Crippen molar-refractivity contribution >= 4 is 63.0 Å². The highest BCUT2D eigenvalue weighted by Gasteiger charge is 2.53. The summed E-state index contributed by atoms with van der Waals surface area (Å²) in [5, 5.41) is 31.1. The first-order chi connectivity index (χ1) is 31.9. The van der Waals surface area contributed by atoms with Gasteiger partial charge in [-0.25, -0.2) is 9.78 Å². The molecule has 1 atom stereocenters. The number of ether oxygens (including phenoxy) is 5. The van der Waals surface area contributed by atoms with Crippen molar-refractivity contribution in [2.75, 3.05) is 63.8 Å². The summed E-state index contributed by atoms with van der Waals surface area (Å²) < 4.78 is 29.1. The molecule has 16 heteroatoms. The Balaban J connectivity index is 0.701. The molecule has 1 unspecified atom stereocenters. The number of phenols is 2. The minimum atomic E-state index is -1.34. The van der Waals surface area contributed by atoms with E-state index < -0.39 is 11.6 Å². The molecule has 66 heavy (non-hydrogen) atoms. The fourth-order valence-electron chi connectivity index (χ4n) is 8.87. The molecule has 346 valence electrons. The molecule has 1 amide bonds. The third-order valence-electron chi connectivity index (χ3n) is 12.0. The number of nitrogens with two attached hydrogens (primary N) is 1. The van der Waals surface area contributed by atoms with Crippen LogP contribution in [0.25, 0.3) is 10.9 Å². The van der Waals surface area contributed by atoms with Gasteiger partial charge in [-0.3, -0.25) is 9.79 Å². The largest absolute Gasteiger partial charge is 0.508 e. The number of carbonyl (C=O) groups excluding carboxylic acids is 2. The van der Waals surface area contributed by atoms with Crippen LogP contribution < -0.4 is 26.4 Å². The molecular formula is C50H56N6O9S. The standard InChI is InChI=1S/C50H56N6O9S/c1-4-5-9-40-35(44-33-8-6-7-10-39(33)56-46(51)45(44)55-40)28-49(2,3)29-53-43(59)17-19-61-21-23-63-24-22-62-20-18-52-48(66)54-30-11-14-36-34(25-30)47(60)65-50(36)37-15-12-31(57)26-41(37)64-42-27-32(58)13-16-38(42)50/h6-8,10-16,25-27,35,57-58H,4-5,9,17-24,28-29H2,1-3H3,(H2,51,56)(H,53,59)(H2,52,54,66). The second-order valence-corrected chi connectivity index (χ2v) is 17.9. The Bertz CT molecular complexity index is 2620. The normalized spacial score (nSPS) is 15.3. The number of phenolic OH excluding ortho intramolecular Hbond substituents is 2. The Morgan fingerprint density at radius 2 is 1.55 bits per heavy atom. The Morgan fingerprint density at radius 1 is 0.879 bits per heavy atom. The monoisotopic (exact) mass is 916 g/mol. The quantitative estimate of drug-likeness (QED) is 0.0248. The number of nitrogen functional groups attached to an aromatic ring is 1. The minimum absolute atomic E-state index is 0.0152. The van der Waals surface area contributed by atoms with Gasteiger partial charge in [0.2, 0.25) is 5.91 Å². The van der Waals surface area contributed by atoms with Crippen molar-refractivity contribution in [2.24, 2.45) is 10.4 Å². The van der Waals surface area contributed by atoms with Crippen LogP contribution in [0, 0.1) is 5.41 Å². The van der Waals surface area contributed by atoms with Gasteiger partial charge in [-0.1, -0.05) is 51.5 Å². The highest BCUT2D eigenvalue weighted by molar-refractivity contribution is 7.80. The van der Waals surface area contributed by atoms with Crippen molar-refractivity contribution in [1.82, 2.24) is 15.6 Å². The lowest BCUT2D eigenvalue weighted by atomic mass is 9.77. The highest BCUT2D eigenvalue weighted by atomic mass is 32.1. The molecule has 4 heterocycles. The Morgan fingerprint density at radius 3 is 2.26 bits per heavy atom. The van der Waals surface area contributed by atoms with Crippen LogP contribution in [0.3, 0.4) is 0 Å². The molecule has 8 rings (SSSR count). The third-order valence-corrected chi connectivity index (χ3v) is 12.3. The molecule has 0 aliphatic carbocycles. The van der Waals surface area contributed by atoms with Gasteiger partial charge in [0.25, 0.3) is 0 Å². The molecule has 15 nitrogen and oxygen atoms in total. The number of rotatable bonds is 20. The van der Waals surface area contributed by atoms with Crippen molar-refractivity contribution < 1.29 is 43.5 Å². The number of hydrogen-bond acceptors (Lipinski definition) is 13. The third kappa shape index (κ3) is 9.92. The zero-order valence-electron chi connectivity index (χ0n) is 37.4. The zero-order chi connectivity index (χ0) is 46.4. The first-order valence-electron chi connectivity index (χ1n) is 22.4. The molecule has 7 N–H and O–H groups in total. The number of benzene rings is 4. The fourth-order valence-corrected chi connectivity index (χ4v) is 9.09. The molecular weight excluding hydrogens is 861 g/mol. The number of hydrogen-bond donors (Lipinski definition) is 6. The van der Waals surface area contributed by atoms with Crippen molar-refractivity contribution in [2.45, 2.75) is 64.4 Å². The van der Waals surface area contributed by atoms with E-state index in [4.69, 9.17) is 46.6 Å². The molecule has 1 spiro atoms. The highest BCUT2D eigenvalue weighted by Crippen LogP contribution is 2.57. The lowest BCUT2D eigenvalue weighted by Crippen LogP contribution is -2.36. The van der Waals surface area contributed by atoms with Gasteiger partial charge in [0.1, 0.15) is 34.5 Å². The number of fused-ring (bicyclic) bond motifs is 9. The van der Waals surface area contributed by atoms with Gasteiger partial charge in [-0.2, -0.15) is 0 Å². The maximum Gasteiger partial charge on any atom is 0.340 e. The van der Waals surface area contributed by atoms with Crippen LogP contribution in [0.5, 0.6) is 23.0 Å². The van der Waals surface area contributed by atoms with Crippen molar-refractivity contribution in [3.8, 4) is 23.0 Å².